The molecule has 2 rings (SSSR count). The van der Waals surface area contributed by atoms with Crippen LogP contribution in [0.1, 0.15) is 17.9 Å². The summed E-state index contributed by atoms with van der Waals surface area (Å²) < 4.78 is 1.89. The lowest BCUT2D eigenvalue weighted by atomic mass is 9.96. The first-order valence-electron chi connectivity index (χ1n) is 5.35. The number of aliphatic hydroxyl groups is 1. The third-order valence-electron chi connectivity index (χ3n) is 2.86. The van der Waals surface area contributed by atoms with E-state index in [0.717, 1.165) is 16.6 Å². The first kappa shape index (κ1) is 11.6. The van der Waals surface area contributed by atoms with Crippen molar-refractivity contribution >= 4 is 17.0 Å². The van der Waals surface area contributed by atoms with E-state index in [0.29, 0.717) is 0 Å². The van der Waals surface area contributed by atoms with Crippen LogP contribution >= 0.6 is 0 Å². The molecule has 0 bridgehead atoms. The van der Waals surface area contributed by atoms with Crippen molar-refractivity contribution in [3.63, 3.8) is 0 Å². The van der Waals surface area contributed by atoms with E-state index in [4.69, 9.17) is 5.11 Å². The Hall–Kier alpha value is -1.88. The fourth-order valence-electron chi connectivity index (χ4n) is 1.91. The Morgan fingerprint density at radius 3 is 2.94 bits per heavy atom. The minimum atomic E-state index is -0.912. The van der Waals surface area contributed by atoms with Crippen LogP contribution in [-0.2, 0) is 11.8 Å². The predicted molar refractivity (Wildman–Crippen MR) is 62.8 cm³/mol. The van der Waals surface area contributed by atoms with E-state index in [1.165, 1.54) is 0 Å². The lowest BCUT2D eigenvalue weighted by molar-refractivity contribution is -0.137. The van der Waals surface area contributed by atoms with Gasteiger partial charge in [-0.05, 0) is 17.7 Å². The van der Waals surface area contributed by atoms with Crippen molar-refractivity contribution in [3.05, 3.63) is 30.1 Å². The van der Waals surface area contributed by atoms with Gasteiger partial charge >= 0.3 is 5.97 Å². The van der Waals surface area contributed by atoms with Crippen molar-refractivity contribution < 1.29 is 15.0 Å². The van der Waals surface area contributed by atoms with Crippen LogP contribution < -0.4 is 0 Å². The third kappa shape index (κ3) is 2.29. The Bertz CT molecular complexity index is 548. The number of carbonyl (C=O) groups is 1. The van der Waals surface area contributed by atoms with Crippen LogP contribution in [0.2, 0.25) is 0 Å². The molecular formula is C12H14N2O3. The highest BCUT2D eigenvalue weighted by atomic mass is 16.4. The second-order valence-electron chi connectivity index (χ2n) is 4.08. The molecule has 90 valence electrons. The van der Waals surface area contributed by atoms with Crippen LogP contribution in [0, 0.1) is 0 Å². The number of aliphatic carboxylic acids is 1. The number of carboxylic acids is 1. The molecule has 0 saturated carbocycles. The highest BCUT2D eigenvalue weighted by Gasteiger charge is 2.15. The summed E-state index contributed by atoms with van der Waals surface area (Å²) in [5.41, 5.74) is 2.61. The first-order valence-corrected chi connectivity index (χ1v) is 5.35. The van der Waals surface area contributed by atoms with Crippen molar-refractivity contribution in [2.24, 2.45) is 7.05 Å². The summed E-state index contributed by atoms with van der Waals surface area (Å²) in [4.78, 5) is 14.9. The second kappa shape index (κ2) is 4.55. The van der Waals surface area contributed by atoms with Gasteiger partial charge in [-0.15, -0.1) is 0 Å². The number of imidazole rings is 1. The number of aryl methyl sites for hydroxylation is 1. The fourth-order valence-corrected chi connectivity index (χ4v) is 1.91. The van der Waals surface area contributed by atoms with Crippen LogP contribution in [0.4, 0.5) is 0 Å². The second-order valence-corrected chi connectivity index (χ2v) is 4.08. The number of hydrogen-bond acceptors (Lipinski definition) is 3. The van der Waals surface area contributed by atoms with Crippen molar-refractivity contribution in [2.75, 3.05) is 6.61 Å². The molecule has 1 heterocycles. The number of carboxylic acid groups (broad SMARTS) is 1. The molecule has 2 aromatic rings. The Kier molecular flexibility index (Phi) is 3.10. The summed E-state index contributed by atoms with van der Waals surface area (Å²) >= 11 is 0. The molecule has 5 heteroatoms. The number of rotatable bonds is 4. The van der Waals surface area contributed by atoms with Gasteiger partial charge in [-0.1, -0.05) is 6.07 Å². The minimum Gasteiger partial charge on any atom is -0.481 e. The quantitative estimate of drug-likeness (QED) is 0.831. The maximum atomic E-state index is 10.7. The highest BCUT2D eigenvalue weighted by Crippen LogP contribution is 2.23. The molecule has 0 aliphatic carbocycles. The van der Waals surface area contributed by atoms with Crippen LogP contribution in [-0.4, -0.2) is 32.3 Å². The van der Waals surface area contributed by atoms with E-state index in [2.05, 4.69) is 4.98 Å². The molecule has 0 saturated heterocycles. The molecule has 17 heavy (non-hydrogen) atoms. The van der Waals surface area contributed by atoms with Crippen molar-refractivity contribution in [3.8, 4) is 0 Å². The van der Waals surface area contributed by atoms with Crippen molar-refractivity contribution in [2.45, 2.75) is 12.3 Å². The summed E-state index contributed by atoms with van der Waals surface area (Å²) in [6, 6.07) is 5.56. The number of aliphatic hydroxyl groups excluding tert-OH is 1. The highest BCUT2D eigenvalue weighted by molar-refractivity contribution is 5.76. The Morgan fingerprint density at radius 2 is 2.29 bits per heavy atom. The number of nitrogens with zero attached hydrogens (tertiary/aromatic N) is 2. The average Bonchev–Trinajstić information content (AvgIpc) is 2.67. The normalized spacial score (nSPS) is 12.8. The maximum Gasteiger partial charge on any atom is 0.304 e. The SMILES string of the molecule is Cn1cnc2cc(C(CO)CC(=O)O)ccc21. The van der Waals surface area contributed by atoms with E-state index >= 15 is 0 Å². The fraction of sp³-hybridized carbons (Fsp3) is 0.333. The van der Waals surface area contributed by atoms with Crippen LogP contribution in [0.25, 0.3) is 11.0 Å². The van der Waals surface area contributed by atoms with Gasteiger partial charge in [0.1, 0.15) is 0 Å². The summed E-state index contributed by atoms with van der Waals surface area (Å²) in [6.07, 6.45) is 1.63. The zero-order valence-electron chi connectivity index (χ0n) is 9.50. The van der Waals surface area contributed by atoms with E-state index in [9.17, 15) is 9.90 Å². The molecule has 1 aromatic carbocycles. The van der Waals surface area contributed by atoms with Crippen LogP contribution in [0.15, 0.2) is 24.5 Å². The Balaban J connectivity index is 2.37. The number of aromatic nitrogens is 2. The molecule has 0 aliphatic rings. The van der Waals surface area contributed by atoms with Gasteiger partial charge in [0.15, 0.2) is 0 Å². The zero-order chi connectivity index (χ0) is 12.4. The summed E-state index contributed by atoms with van der Waals surface area (Å²) in [5, 5.41) is 18.0. The van der Waals surface area contributed by atoms with Crippen LogP contribution in [0.3, 0.4) is 0 Å². The van der Waals surface area contributed by atoms with Crippen molar-refractivity contribution in [1.29, 1.82) is 0 Å². The van der Waals surface area contributed by atoms with E-state index in [1.54, 1.807) is 6.33 Å². The molecule has 0 aliphatic heterocycles. The summed E-state index contributed by atoms with van der Waals surface area (Å²) in [5.74, 6) is -1.29. The molecule has 1 aromatic heterocycles. The number of fused-ring (bicyclic) bond motifs is 1. The average molecular weight is 234 g/mol. The molecule has 1 unspecified atom stereocenters. The van der Waals surface area contributed by atoms with Gasteiger partial charge < -0.3 is 14.8 Å². The standard InChI is InChI=1S/C12H14N2O3/c1-14-7-13-10-4-8(2-3-11(10)14)9(6-15)5-12(16)17/h2-4,7,9,15H,5-6H2,1H3,(H,16,17). The lowest BCUT2D eigenvalue weighted by Gasteiger charge is -2.11. The molecular weight excluding hydrogens is 220 g/mol. The number of benzene rings is 1. The Morgan fingerprint density at radius 1 is 1.53 bits per heavy atom. The summed E-state index contributed by atoms with van der Waals surface area (Å²) in [6.45, 7) is -0.176. The van der Waals surface area contributed by atoms with E-state index in [-0.39, 0.29) is 18.9 Å². The van der Waals surface area contributed by atoms with Gasteiger partial charge in [0.2, 0.25) is 0 Å². The third-order valence-corrected chi connectivity index (χ3v) is 2.86. The Labute approximate surface area is 98.3 Å². The van der Waals surface area contributed by atoms with Gasteiger partial charge in [-0.25, -0.2) is 4.98 Å². The molecule has 0 spiro atoms. The molecule has 0 fully saturated rings. The molecule has 0 amide bonds. The zero-order valence-corrected chi connectivity index (χ0v) is 9.50. The van der Waals surface area contributed by atoms with Gasteiger partial charge in [0, 0.05) is 13.0 Å². The molecule has 0 radical (unpaired) electrons. The summed E-state index contributed by atoms with van der Waals surface area (Å²) in [7, 11) is 1.90. The molecule has 1 atom stereocenters. The first-order chi connectivity index (χ1) is 8.11. The van der Waals surface area contributed by atoms with Gasteiger partial charge in [0.25, 0.3) is 0 Å². The van der Waals surface area contributed by atoms with E-state index < -0.39 is 5.97 Å². The topological polar surface area (TPSA) is 75.3 Å². The molecule has 5 nitrogen and oxygen atoms in total. The van der Waals surface area contributed by atoms with Crippen molar-refractivity contribution in [1.82, 2.24) is 9.55 Å². The number of hydrogen-bond donors (Lipinski definition) is 2. The lowest BCUT2D eigenvalue weighted by Crippen LogP contribution is -2.10. The van der Waals surface area contributed by atoms with Crippen LogP contribution in [0.5, 0.6) is 0 Å². The van der Waals surface area contributed by atoms with E-state index in [1.807, 2.05) is 29.8 Å². The minimum absolute atomic E-state index is 0.0746. The monoisotopic (exact) mass is 234 g/mol. The van der Waals surface area contributed by atoms with Gasteiger partial charge in [0.05, 0.1) is 30.4 Å². The predicted octanol–water partition coefficient (Wildman–Crippen LogP) is 1.12. The molecule has 2 N–H and O–H groups in total. The maximum absolute atomic E-state index is 10.7. The van der Waals surface area contributed by atoms with Gasteiger partial charge in [-0.2, -0.15) is 0 Å². The largest absolute Gasteiger partial charge is 0.481 e. The van der Waals surface area contributed by atoms with Gasteiger partial charge in [-0.3, -0.25) is 4.79 Å². The smallest absolute Gasteiger partial charge is 0.304 e.